The highest BCUT2D eigenvalue weighted by Gasteiger charge is 2.27. The Morgan fingerprint density at radius 1 is 1.37 bits per heavy atom. The van der Waals surface area contributed by atoms with Crippen LogP contribution in [0.2, 0.25) is 0 Å². The second-order valence-electron chi connectivity index (χ2n) is 4.31. The molecule has 1 aromatic heterocycles. The molecule has 6 nitrogen and oxygen atoms in total. The quantitative estimate of drug-likeness (QED) is 0.376. The van der Waals surface area contributed by atoms with E-state index in [0.29, 0.717) is 24.1 Å². The van der Waals surface area contributed by atoms with E-state index in [-0.39, 0.29) is 6.61 Å². The van der Waals surface area contributed by atoms with Gasteiger partial charge in [0.2, 0.25) is 0 Å². The van der Waals surface area contributed by atoms with Crippen molar-refractivity contribution >= 4 is 11.6 Å². The van der Waals surface area contributed by atoms with Gasteiger partial charge in [-0.25, -0.2) is 24.6 Å². The summed E-state index contributed by atoms with van der Waals surface area (Å²) >= 11 is 0. The largest absolute Gasteiger partial charge is 0.374 e. The predicted octanol–water partition coefficient (Wildman–Crippen LogP) is 1.33. The van der Waals surface area contributed by atoms with Crippen molar-refractivity contribution in [1.29, 1.82) is 0 Å². The van der Waals surface area contributed by atoms with E-state index < -0.39 is 13.0 Å². The third-order valence-electron chi connectivity index (χ3n) is 2.63. The van der Waals surface area contributed by atoms with Crippen LogP contribution in [0.3, 0.4) is 0 Å². The van der Waals surface area contributed by atoms with Crippen LogP contribution in [0.4, 0.5) is 20.4 Å². The van der Waals surface area contributed by atoms with E-state index >= 15 is 0 Å². The molecule has 19 heavy (non-hydrogen) atoms. The molecule has 0 aliphatic heterocycles. The molecule has 1 saturated carbocycles. The Bertz CT molecular complexity index is 414. The molecule has 0 saturated heterocycles. The van der Waals surface area contributed by atoms with Crippen LogP contribution in [0.15, 0.2) is 6.07 Å². The average Bonchev–Trinajstić information content (AvgIpc) is 3.22. The van der Waals surface area contributed by atoms with Gasteiger partial charge in [-0.1, -0.05) is 0 Å². The Morgan fingerprint density at radius 2 is 2.11 bits per heavy atom. The summed E-state index contributed by atoms with van der Waals surface area (Å²) in [5, 5.41) is 3.00. The van der Waals surface area contributed by atoms with Crippen molar-refractivity contribution in [2.75, 3.05) is 30.5 Å². The minimum atomic E-state index is -2.44. The fourth-order valence-electron chi connectivity index (χ4n) is 1.58. The summed E-state index contributed by atoms with van der Waals surface area (Å²) in [5.41, 5.74) is 2.49. The lowest BCUT2D eigenvalue weighted by Gasteiger charge is -2.09. The van der Waals surface area contributed by atoms with Gasteiger partial charge in [-0.2, -0.15) is 0 Å². The summed E-state index contributed by atoms with van der Waals surface area (Å²) in [5.74, 6) is 7.66. The number of rotatable bonds is 8. The molecular weight excluding hydrogens is 256 g/mol. The lowest BCUT2D eigenvalue weighted by Crippen LogP contribution is -2.15. The van der Waals surface area contributed by atoms with Gasteiger partial charge < -0.3 is 15.5 Å². The number of hydrogen-bond acceptors (Lipinski definition) is 6. The molecular formula is C11H17F2N5O. The molecule has 4 N–H and O–H groups in total. The number of nitrogens with zero attached hydrogens (tertiary/aromatic N) is 2. The number of nitrogens with one attached hydrogen (secondary N) is 2. The van der Waals surface area contributed by atoms with E-state index in [2.05, 4.69) is 20.7 Å². The zero-order valence-electron chi connectivity index (χ0n) is 10.4. The van der Waals surface area contributed by atoms with E-state index in [0.717, 1.165) is 18.7 Å². The van der Waals surface area contributed by atoms with Crippen molar-refractivity contribution in [3.8, 4) is 0 Å². The molecule has 0 radical (unpaired) electrons. The number of halogens is 2. The van der Waals surface area contributed by atoms with Crippen LogP contribution in [0.5, 0.6) is 0 Å². The fourth-order valence-corrected chi connectivity index (χ4v) is 1.58. The van der Waals surface area contributed by atoms with Crippen LogP contribution < -0.4 is 16.6 Å². The van der Waals surface area contributed by atoms with Crippen LogP contribution in [0.1, 0.15) is 24.6 Å². The summed E-state index contributed by atoms with van der Waals surface area (Å²) in [4.78, 5) is 8.62. The molecule has 0 aromatic carbocycles. The van der Waals surface area contributed by atoms with Crippen LogP contribution in [0, 0.1) is 0 Å². The van der Waals surface area contributed by atoms with Gasteiger partial charge in [0, 0.05) is 18.5 Å². The molecule has 0 atom stereocenters. The van der Waals surface area contributed by atoms with Crippen molar-refractivity contribution in [1.82, 2.24) is 9.97 Å². The number of aromatic nitrogens is 2. The molecule has 0 spiro atoms. The molecule has 1 aliphatic rings. The van der Waals surface area contributed by atoms with Crippen molar-refractivity contribution in [2.45, 2.75) is 25.2 Å². The molecule has 0 amide bonds. The second kappa shape index (κ2) is 6.58. The molecule has 0 unspecified atom stereocenters. The zero-order chi connectivity index (χ0) is 13.7. The number of hydrogen-bond donors (Lipinski definition) is 3. The van der Waals surface area contributed by atoms with E-state index in [9.17, 15) is 8.78 Å². The van der Waals surface area contributed by atoms with E-state index in [1.807, 2.05) is 0 Å². The predicted molar refractivity (Wildman–Crippen MR) is 67.1 cm³/mol. The van der Waals surface area contributed by atoms with Gasteiger partial charge in [-0.3, -0.25) is 0 Å². The maximum Gasteiger partial charge on any atom is 0.261 e. The standard InChI is InChI=1S/C11H17F2N5O/c12-8(13)6-19-4-3-15-9-5-10(18-14)17-11(16-9)7-1-2-7/h5,7-8H,1-4,6,14H2,(H2,15,16,17,18). The molecule has 1 heterocycles. The molecule has 1 fully saturated rings. The van der Waals surface area contributed by atoms with E-state index in [4.69, 9.17) is 10.6 Å². The first-order valence-corrected chi connectivity index (χ1v) is 6.14. The van der Waals surface area contributed by atoms with E-state index in [1.165, 1.54) is 0 Å². The summed E-state index contributed by atoms with van der Waals surface area (Å²) in [6.45, 7) is 0.0464. The highest BCUT2D eigenvalue weighted by molar-refractivity contribution is 5.47. The zero-order valence-corrected chi connectivity index (χ0v) is 10.4. The van der Waals surface area contributed by atoms with Crippen molar-refractivity contribution in [2.24, 2.45) is 5.84 Å². The second-order valence-corrected chi connectivity index (χ2v) is 4.31. The van der Waals surface area contributed by atoms with Crippen LogP contribution >= 0.6 is 0 Å². The van der Waals surface area contributed by atoms with Gasteiger partial charge in [0.15, 0.2) is 0 Å². The first-order chi connectivity index (χ1) is 9.19. The van der Waals surface area contributed by atoms with Crippen LogP contribution in [0.25, 0.3) is 0 Å². The summed E-state index contributed by atoms with van der Waals surface area (Å²) in [6, 6.07) is 1.67. The summed E-state index contributed by atoms with van der Waals surface area (Å²) in [7, 11) is 0. The highest BCUT2D eigenvalue weighted by atomic mass is 19.3. The summed E-state index contributed by atoms with van der Waals surface area (Å²) in [6.07, 6.45) is -0.260. The number of hydrazine groups is 1. The van der Waals surface area contributed by atoms with Crippen LogP contribution in [-0.2, 0) is 4.74 Å². The Labute approximate surface area is 109 Å². The number of ether oxygens (including phenoxy) is 1. The molecule has 0 bridgehead atoms. The number of nitrogen functional groups attached to an aromatic ring is 1. The molecule has 1 aromatic rings. The monoisotopic (exact) mass is 273 g/mol. The Kier molecular flexibility index (Phi) is 4.80. The normalized spacial score (nSPS) is 14.7. The minimum Gasteiger partial charge on any atom is -0.374 e. The molecule has 8 heteroatoms. The highest BCUT2D eigenvalue weighted by Crippen LogP contribution is 2.38. The lowest BCUT2D eigenvalue weighted by molar-refractivity contribution is 0.0215. The number of nitrogens with two attached hydrogens (primary N) is 1. The molecule has 2 rings (SSSR count). The van der Waals surface area contributed by atoms with Crippen LogP contribution in [-0.4, -0.2) is 36.2 Å². The van der Waals surface area contributed by atoms with Gasteiger partial charge in [-0.05, 0) is 12.8 Å². The van der Waals surface area contributed by atoms with Gasteiger partial charge >= 0.3 is 0 Å². The Balaban J connectivity index is 1.83. The SMILES string of the molecule is NNc1cc(NCCOCC(F)F)nc(C2CC2)n1. The van der Waals surface area contributed by atoms with Crippen molar-refractivity contribution in [3.63, 3.8) is 0 Å². The average molecular weight is 273 g/mol. The third-order valence-corrected chi connectivity index (χ3v) is 2.63. The van der Waals surface area contributed by atoms with Gasteiger partial charge in [0.05, 0.1) is 6.61 Å². The van der Waals surface area contributed by atoms with Gasteiger partial charge in [0.25, 0.3) is 6.43 Å². The smallest absolute Gasteiger partial charge is 0.261 e. The van der Waals surface area contributed by atoms with Crippen molar-refractivity contribution < 1.29 is 13.5 Å². The van der Waals surface area contributed by atoms with Crippen molar-refractivity contribution in [3.05, 3.63) is 11.9 Å². The first kappa shape index (κ1) is 13.9. The lowest BCUT2D eigenvalue weighted by atomic mass is 10.4. The Morgan fingerprint density at radius 3 is 2.74 bits per heavy atom. The summed E-state index contributed by atoms with van der Waals surface area (Å²) < 4.78 is 28.5. The van der Waals surface area contributed by atoms with Gasteiger partial charge in [0.1, 0.15) is 24.1 Å². The molecule has 1 aliphatic carbocycles. The topological polar surface area (TPSA) is 85.1 Å². The fraction of sp³-hybridized carbons (Fsp3) is 0.636. The van der Waals surface area contributed by atoms with Gasteiger partial charge in [-0.15, -0.1) is 0 Å². The minimum absolute atomic E-state index is 0.193. The maximum absolute atomic E-state index is 11.8. The van der Waals surface area contributed by atoms with E-state index in [1.54, 1.807) is 6.07 Å². The molecule has 106 valence electrons. The maximum atomic E-state index is 11.8. The Hall–Kier alpha value is -1.54. The number of alkyl halides is 2. The number of anilines is 2. The third kappa shape index (κ3) is 4.56. The first-order valence-electron chi connectivity index (χ1n) is 6.14.